The summed E-state index contributed by atoms with van der Waals surface area (Å²) in [5.74, 6) is 0. The molecule has 0 atom stereocenters. The first-order valence-corrected chi connectivity index (χ1v) is 31.2. The van der Waals surface area contributed by atoms with E-state index in [1.807, 2.05) is 0 Å². The summed E-state index contributed by atoms with van der Waals surface area (Å²) in [7, 11) is 0. The van der Waals surface area contributed by atoms with E-state index in [4.69, 9.17) is 0 Å². The van der Waals surface area contributed by atoms with E-state index in [2.05, 4.69) is 253 Å². The Balaban J connectivity index is 1.05. The van der Waals surface area contributed by atoms with Crippen LogP contribution in [0.1, 0.15) is 96.9 Å². The van der Waals surface area contributed by atoms with E-state index in [0.29, 0.717) is 0 Å². The van der Waals surface area contributed by atoms with Gasteiger partial charge in [0.1, 0.15) is 0 Å². The normalized spacial score (nSPS) is 13.5. The molecule has 14 aromatic rings. The summed E-state index contributed by atoms with van der Waals surface area (Å²) in [4.78, 5) is 5.46. The molecule has 2 aliphatic rings. The third-order valence-corrected chi connectivity index (χ3v) is 19.3. The number of rotatable bonds is 12. The third kappa shape index (κ3) is 7.72. The molecule has 0 amide bonds. The van der Waals surface area contributed by atoms with Crippen LogP contribution in [0.2, 0.25) is 0 Å². The zero-order chi connectivity index (χ0) is 56.2. The summed E-state index contributed by atoms with van der Waals surface area (Å²) in [5.41, 5.74) is 26.1. The van der Waals surface area contributed by atoms with E-state index >= 15 is 0 Å². The molecule has 0 radical (unpaired) electrons. The molecule has 0 unspecified atom stereocenters. The third-order valence-electron chi connectivity index (χ3n) is 19.3. The van der Waals surface area contributed by atoms with Crippen molar-refractivity contribution in [3.63, 3.8) is 0 Å². The van der Waals surface area contributed by atoms with Crippen LogP contribution in [0.3, 0.4) is 0 Å². The van der Waals surface area contributed by atoms with E-state index in [0.717, 1.165) is 51.4 Å². The number of benzene rings is 12. The molecule has 84 heavy (non-hydrogen) atoms. The van der Waals surface area contributed by atoms with Gasteiger partial charge in [-0.25, -0.2) is 0 Å². The SMILES string of the molecule is CCCc1cc(N(c2cccc3c2CCCC3)c2cccc3c4ccccc4n(-c4ccccc4C)c23)c2ccc3c(CCC)cc(N(c4cccc5c4CCCC5)c4cccc5c6ccccc6n(-c6ccccc6C)c45)c4ccc1c2c34. The molecular formula is C80H70N4. The lowest BCUT2D eigenvalue weighted by Crippen LogP contribution is -2.17. The smallest absolute Gasteiger partial charge is 0.0782 e. The molecule has 0 saturated heterocycles. The largest absolute Gasteiger partial charge is 0.307 e. The van der Waals surface area contributed by atoms with Gasteiger partial charge >= 0.3 is 0 Å². The Morgan fingerprint density at radius 3 is 1.17 bits per heavy atom. The fraction of sp³-hybridized carbons (Fsp3) is 0.200. The number of aromatic nitrogens is 2. The molecule has 0 N–H and O–H groups in total. The van der Waals surface area contributed by atoms with Crippen molar-refractivity contribution < 1.29 is 0 Å². The van der Waals surface area contributed by atoms with Gasteiger partial charge in [-0.3, -0.25) is 0 Å². The van der Waals surface area contributed by atoms with Gasteiger partial charge in [-0.2, -0.15) is 0 Å². The van der Waals surface area contributed by atoms with Gasteiger partial charge in [0.25, 0.3) is 0 Å². The number of para-hydroxylation sites is 6. The van der Waals surface area contributed by atoms with Crippen LogP contribution in [-0.2, 0) is 38.5 Å². The van der Waals surface area contributed by atoms with Gasteiger partial charge in [-0.15, -0.1) is 0 Å². The minimum atomic E-state index is 0.970. The quantitative estimate of drug-likeness (QED) is 0.113. The predicted molar refractivity (Wildman–Crippen MR) is 359 cm³/mol. The van der Waals surface area contributed by atoms with Crippen molar-refractivity contribution in [2.24, 2.45) is 0 Å². The molecule has 2 aliphatic carbocycles. The van der Waals surface area contributed by atoms with Gasteiger partial charge in [0.15, 0.2) is 0 Å². The topological polar surface area (TPSA) is 16.3 Å². The Labute approximate surface area is 493 Å². The highest BCUT2D eigenvalue weighted by Crippen LogP contribution is 2.54. The van der Waals surface area contributed by atoms with Gasteiger partial charge in [0.2, 0.25) is 0 Å². The maximum Gasteiger partial charge on any atom is 0.0782 e. The Kier molecular flexibility index (Phi) is 12.3. The summed E-state index contributed by atoms with van der Waals surface area (Å²) in [5, 5.41) is 13.1. The van der Waals surface area contributed by atoms with Crippen molar-refractivity contribution in [2.45, 2.75) is 105 Å². The van der Waals surface area contributed by atoms with E-state index in [1.165, 1.54) is 192 Å². The fourth-order valence-electron chi connectivity index (χ4n) is 15.6. The van der Waals surface area contributed by atoms with Crippen molar-refractivity contribution in [2.75, 3.05) is 9.80 Å². The second kappa shape index (κ2) is 20.3. The molecule has 2 aromatic heterocycles. The maximum absolute atomic E-state index is 2.73. The number of hydrogen-bond acceptors (Lipinski definition) is 2. The van der Waals surface area contributed by atoms with Gasteiger partial charge in [0.05, 0.1) is 44.8 Å². The first-order valence-electron chi connectivity index (χ1n) is 31.2. The van der Waals surface area contributed by atoms with Crippen molar-refractivity contribution in [1.29, 1.82) is 0 Å². The van der Waals surface area contributed by atoms with Crippen molar-refractivity contribution in [3.8, 4) is 11.4 Å². The minimum Gasteiger partial charge on any atom is -0.307 e. The standard InChI is InChI=1S/C80H70N4/c1-5-23-55-49-75(81(69-41-19-29-53-27-9-11-31-57(53)69)73-43-21-35-63-61-33-13-17-39-71(61)83(79(63)73)67-37-15-7-25-51(67)3)65-48-46-60-56(24-6-2)50-76(66-47-45-59(55)77(65)78(60)66)82(70-42-20-30-54-28-10-12-32-58(54)70)74-44-22-36-64-62-34-14-18-40-72(62)84(80(64)74)68-38-16-8-26-52(68)4/h7-8,13-22,25-26,29-30,33-50H,5-6,9-12,23-24,27-28,31-32H2,1-4H3. The molecule has 0 aliphatic heterocycles. The lowest BCUT2D eigenvalue weighted by atomic mass is 9.85. The summed E-state index contributed by atoms with van der Waals surface area (Å²) in [6.07, 6.45) is 13.2. The fourth-order valence-corrected chi connectivity index (χ4v) is 15.6. The summed E-state index contributed by atoms with van der Waals surface area (Å²) in [6.45, 7) is 9.25. The van der Waals surface area contributed by atoms with Crippen LogP contribution in [-0.4, -0.2) is 9.13 Å². The first kappa shape index (κ1) is 50.6. The number of hydrogen-bond donors (Lipinski definition) is 0. The Morgan fingerprint density at radius 2 is 0.714 bits per heavy atom. The average Bonchev–Trinajstić information content (AvgIpc) is 1.20. The van der Waals surface area contributed by atoms with Crippen LogP contribution in [0.4, 0.5) is 34.1 Å². The van der Waals surface area contributed by atoms with Crippen LogP contribution >= 0.6 is 0 Å². The molecule has 0 saturated carbocycles. The van der Waals surface area contributed by atoms with E-state index in [-0.39, 0.29) is 0 Å². The van der Waals surface area contributed by atoms with Gasteiger partial charge in [0, 0.05) is 55.1 Å². The average molecular weight is 1090 g/mol. The molecule has 4 heteroatoms. The molecule has 0 bridgehead atoms. The monoisotopic (exact) mass is 1090 g/mol. The zero-order valence-corrected chi connectivity index (χ0v) is 48.9. The first-order chi connectivity index (χ1) is 41.5. The predicted octanol–water partition coefficient (Wildman–Crippen LogP) is 22.0. The molecule has 0 fully saturated rings. The molecule has 12 aromatic carbocycles. The molecule has 4 nitrogen and oxygen atoms in total. The number of nitrogens with zero attached hydrogens (tertiary/aromatic N) is 4. The summed E-state index contributed by atoms with van der Waals surface area (Å²) < 4.78 is 5.14. The second-order valence-electron chi connectivity index (χ2n) is 24.2. The maximum atomic E-state index is 2.73. The van der Waals surface area contributed by atoms with Crippen LogP contribution in [0.15, 0.2) is 206 Å². The minimum absolute atomic E-state index is 0.970. The van der Waals surface area contributed by atoms with E-state index in [1.54, 1.807) is 0 Å². The Hall–Kier alpha value is -9.12. The highest BCUT2D eigenvalue weighted by molar-refractivity contribution is 6.30. The molecule has 410 valence electrons. The Morgan fingerprint density at radius 1 is 0.333 bits per heavy atom. The number of anilines is 6. The van der Waals surface area contributed by atoms with Crippen LogP contribution in [0.5, 0.6) is 0 Å². The zero-order valence-electron chi connectivity index (χ0n) is 48.9. The van der Waals surface area contributed by atoms with Crippen molar-refractivity contribution in [3.05, 3.63) is 251 Å². The summed E-state index contributed by atoms with van der Waals surface area (Å²) in [6, 6.07) is 79.8. The van der Waals surface area contributed by atoms with Crippen molar-refractivity contribution >= 4 is 110 Å². The molecule has 0 spiro atoms. The number of aryl methyl sites for hydroxylation is 6. The van der Waals surface area contributed by atoms with Gasteiger partial charge < -0.3 is 18.9 Å². The number of fused-ring (bicyclic) bond motifs is 8. The van der Waals surface area contributed by atoms with Crippen molar-refractivity contribution in [1.82, 2.24) is 9.13 Å². The lowest BCUT2D eigenvalue weighted by molar-refractivity contribution is 0.686. The highest BCUT2D eigenvalue weighted by Gasteiger charge is 2.31. The van der Waals surface area contributed by atoms with E-state index in [9.17, 15) is 0 Å². The second-order valence-corrected chi connectivity index (χ2v) is 24.2. The highest BCUT2D eigenvalue weighted by atomic mass is 15.2. The summed E-state index contributed by atoms with van der Waals surface area (Å²) >= 11 is 0. The van der Waals surface area contributed by atoms with Gasteiger partial charge in [-0.05, 0) is 205 Å². The van der Waals surface area contributed by atoms with Crippen LogP contribution in [0, 0.1) is 13.8 Å². The van der Waals surface area contributed by atoms with Crippen LogP contribution < -0.4 is 9.80 Å². The van der Waals surface area contributed by atoms with E-state index < -0.39 is 0 Å². The Bertz CT molecular complexity index is 4620. The molecule has 2 heterocycles. The lowest BCUT2D eigenvalue weighted by Gasteiger charge is -2.34. The molecule has 16 rings (SSSR count). The molecular weight excluding hydrogens is 1020 g/mol. The van der Waals surface area contributed by atoms with Crippen LogP contribution in [0.25, 0.3) is 87.3 Å². The van der Waals surface area contributed by atoms with Gasteiger partial charge in [-0.1, -0.05) is 172 Å².